The molecule has 0 aromatic carbocycles. The predicted molar refractivity (Wildman–Crippen MR) is 140 cm³/mol. The maximum absolute atomic E-state index is 12.6. The van der Waals surface area contributed by atoms with Gasteiger partial charge in [-0.3, -0.25) is 9.59 Å². The number of nitrogens with one attached hydrogen (secondary N) is 2. The summed E-state index contributed by atoms with van der Waals surface area (Å²) < 4.78 is 0. The molecule has 0 unspecified atom stereocenters. The van der Waals surface area contributed by atoms with Crippen LogP contribution >= 0.6 is 23.1 Å². The fourth-order valence-corrected chi connectivity index (χ4v) is 6.78. The van der Waals surface area contributed by atoms with Crippen LogP contribution in [0.3, 0.4) is 0 Å². The zero-order valence-electron chi connectivity index (χ0n) is 19.4. The van der Waals surface area contributed by atoms with Crippen LogP contribution < -0.4 is 15.8 Å². The summed E-state index contributed by atoms with van der Waals surface area (Å²) in [5, 5.41) is 3.74. The largest absolute Gasteiger partial charge is 0.357 e. The Kier molecular flexibility index (Phi) is 7.49. The topological polar surface area (TPSA) is 91.0 Å². The van der Waals surface area contributed by atoms with Gasteiger partial charge in [-0.25, -0.2) is 9.97 Å². The molecule has 0 saturated carbocycles. The average Bonchev–Trinajstić information content (AvgIpc) is 3.01. The van der Waals surface area contributed by atoms with Crippen molar-refractivity contribution >= 4 is 45.0 Å². The van der Waals surface area contributed by atoms with Crippen LogP contribution in [-0.4, -0.2) is 39.7 Å². The van der Waals surface area contributed by atoms with Gasteiger partial charge in [-0.2, -0.15) is 0 Å². The van der Waals surface area contributed by atoms with Crippen molar-refractivity contribution in [2.45, 2.75) is 63.7 Å². The van der Waals surface area contributed by atoms with E-state index in [1.807, 2.05) is 12.3 Å². The van der Waals surface area contributed by atoms with Crippen molar-refractivity contribution in [3.8, 4) is 0 Å². The normalized spacial score (nSPS) is 16.3. The highest BCUT2D eigenvalue weighted by Gasteiger charge is 2.19. The van der Waals surface area contributed by atoms with E-state index in [0.29, 0.717) is 23.9 Å². The third-order valence-corrected chi connectivity index (χ3v) is 8.70. The zero-order chi connectivity index (χ0) is 23.3. The van der Waals surface area contributed by atoms with Crippen LogP contribution in [-0.2, 0) is 29.9 Å². The van der Waals surface area contributed by atoms with E-state index in [1.165, 1.54) is 54.3 Å². The van der Waals surface area contributed by atoms with Gasteiger partial charge in [0.2, 0.25) is 5.91 Å². The number of nitrogens with zero attached hydrogens (tertiary/aromatic N) is 3. The highest BCUT2D eigenvalue weighted by Crippen LogP contribution is 2.33. The van der Waals surface area contributed by atoms with Crippen LogP contribution in [0.5, 0.6) is 0 Å². The number of aromatic nitrogens is 3. The average molecular weight is 498 g/mol. The van der Waals surface area contributed by atoms with E-state index in [1.54, 1.807) is 11.3 Å². The minimum atomic E-state index is -0.0411. The van der Waals surface area contributed by atoms with Crippen molar-refractivity contribution in [1.29, 1.82) is 0 Å². The van der Waals surface area contributed by atoms with E-state index in [2.05, 4.69) is 31.2 Å². The Balaban J connectivity index is 1.10. The summed E-state index contributed by atoms with van der Waals surface area (Å²) in [7, 11) is 0. The quantitative estimate of drug-likeness (QED) is 0.509. The second kappa shape index (κ2) is 10.9. The van der Waals surface area contributed by atoms with E-state index in [-0.39, 0.29) is 11.5 Å². The van der Waals surface area contributed by atoms with Gasteiger partial charge in [0, 0.05) is 30.7 Å². The molecule has 0 atom stereocenters. The Labute approximate surface area is 207 Å². The molecule has 4 heterocycles. The fraction of sp³-hybridized carbons (Fsp3) is 0.520. The zero-order valence-corrected chi connectivity index (χ0v) is 21.0. The Morgan fingerprint density at radius 2 is 1.94 bits per heavy atom. The maximum atomic E-state index is 12.6. The first-order chi connectivity index (χ1) is 16.7. The van der Waals surface area contributed by atoms with Crippen molar-refractivity contribution in [3.05, 3.63) is 50.5 Å². The molecule has 3 aromatic heterocycles. The van der Waals surface area contributed by atoms with Gasteiger partial charge in [0.1, 0.15) is 16.5 Å². The molecule has 180 valence electrons. The molecular weight excluding hydrogens is 466 g/mol. The summed E-state index contributed by atoms with van der Waals surface area (Å²) in [5.41, 5.74) is 2.16. The molecule has 1 aliphatic heterocycles. The predicted octanol–water partition coefficient (Wildman–Crippen LogP) is 4.19. The number of amides is 1. The molecule has 0 bridgehead atoms. The number of hydrogen-bond donors (Lipinski definition) is 2. The molecular formula is C25H31N5O2S2. The molecule has 2 aliphatic rings. The lowest BCUT2D eigenvalue weighted by Crippen LogP contribution is -2.26. The lowest BCUT2D eigenvalue weighted by molar-refractivity contribution is -0.118. The van der Waals surface area contributed by atoms with Crippen LogP contribution in [0.15, 0.2) is 23.1 Å². The number of hydrogen-bond acceptors (Lipinski definition) is 7. The van der Waals surface area contributed by atoms with E-state index in [9.17, 15) is 9.59 Å². The van der Waals surface area contributed by atoms with E-state index in [4.69, 9.17) is 0 Å². The second-order valence-electron chi connectivity index (χ2n) is 9.10. The summed E-state index contributed by atoms with van der Waals surface area (Å²) >= 11 is 3.12. The van der Waals surface area contributed by atoms with Gasteiger partial charge in [-0.15, -0.1) is 23.1 Å². The molecule has 0 radical (unpaired) electrons. The van der Waals surface area contributed by atoms with E-state index >= 15 is 0 Å². The Bertz CT molecular complexity index is 1200. The van der Waals surface area contributed by atoms with Crippen molar-refractivity contribution in [2.24, 2.45) is 0 Å². The third-order valence-electron chi connectivity index (χ3n) is 6.57. The maximum Gasteiger partial charge on any atom is 0.259 e. The molecule has 5 rings (SSSR count). The molecule has 1 fully saturated rings. The van der Waals surface area contributed by atoms with Crippen LogP contribution in [0.25, 0.3) is 10.2 Å². The van der Waals surface area contributed by atoms with Crippen molar-refractivity contribution in [2.75, 3.05) is 23.7 Å². The van der Waals surface area contributed by atoms with Crippen LogP contribution in [0.1, 0.15) is 60.4 Å². The van der Waals surface area contributed by atoms with Crippen molar-refractivity contribution < 1.29 is 4.79 Å². The van der Waals surface area contributed by atoms with Gasteiger partial charge in [-0.05, 0) is 55.7 Å². The number of aromatic amines is 1. The first-order valence-electron chi connectivity index (χ1n) is 12.2. The summed E-state index contributed by atoms with van der Waals surface area (Å²) in [6, 6.07) is 4.10. The Morgan fingerprint density at radius 1 is 1.12 bits per heavy atom. The summed E-state index contributed by atoms with van der Waals surface area (Å²) in [6.45, 7) is 2.61. The highest BCUT2D eigenvalue weighted by atomic mass is 32.2. The first-order valence-corrected chi connectivity index (χ1v) is 14.2. The SMILES string of the molecule is O=C(CSCc1nc2sc3c(c2c(=O)[nH]1)CCCC3)NCc1ccc(N2CCCCCC2)nc1. The molecule has 2 N–H and O–H groups in total. The smallest absolute Gasteiger partial charge is 0.259 e. The lowest BCUT2D eigenvalue weighted by Gasteiger charge is -2.21. The van der Waals surface area contributed by atoms with Crippen LogP contribution in [0.4, 0.5) is 5.82 Å². The summed E-state index contributed by atoms with van der Waals surface area (Å²) in [4.78, 5) is 41.7. The number of thiophene rings is 1. The minimum Gasteiger partial charge on any atom is -0.357 e. The molecule has 0 spiro atoms. The van der Waals surface area contributed by atoms with Gasteiger partial charge in [0.25, 0.3) is 5.56 Å². The fourth-order valence-electron chi connectivity index (χ4n) is 4.78. The molecule has 1 saturated heterocycles. The number of pyridine rings is 1. The number of carbonyl (C=O) groups excluding carboxylic acids is 1. The van der Waals surface area contributed by atoms with Crippen molar-refractivity contribution in [3.63, 3.8) is 0 Å². The number of H-pyrrole nitrogens is 1. The number of fused-ring (bicyclic) bond motifs is 3. The Morgan fingerprint density at radius 3 is 2.74 bits per heavy atom. The number of carbonyl (C=O) groups is 1. The summed E-state index contributed by atoms with van der Waals surface area (Å²) in [5.74, 6) is 2.46. The highest BCUT2D eigenvalue weighted by molar-refractivity contribution is 7.99. The van der Waals surface area contributed by atoms with E-state index < -0.39 is 0 Å². The number of anilines is 1. The van der Waals surface area contributed by atoms with Crippen molar-refractivity contribution in [1.82, 2.24) is 20.3 Å². The molecule has 1 aliphatic carbocycles. The monoisotopic (exact) mass is 497 g/mol. The van der Waals surface area contributed by atoms with Gasteiger partial charge < -0.3 is 15.2 Å². The van der Waals surface area contributed by atoms with Gasteiger partial charge in [0.05, 0.1) is 16.9 Å². The van der Waals surface area contributed by atoms with Gasteiger partial charge >= 0.3 is 0 Å². The Hall–Kier alpha value is -2.39. The van der Waals surface area contributed by atoms with Crippen LogP contribution in [0.2, 0.25) is 0 Å². The van der Waals surface area contributed by atoms with Gasteiger partial charge in [0.15, 0.2) is 0 Å². The lowest BCUT2D eigenvalue weighted by atomic mass is 9.97. The number of aryl methyl sites for hydroxylation is 2. The molecule has 7 nitrogen and oxygen atoms in total. The van der Waals surface area contributed by atoms with Gasteiger partial charge in [-0.1, -0.05) is 18.9 Å². The molecule has 9 heteroatoms. The van der Waals surface area contributed by atoms with Crippen LogP contribution in [0, 0.1) is 0 Å². The summed E-state index contributed by atoms with van der Waals surface area (Å²) in [6.07, 6.45) is 11.3. The second-order valence-corrected chi connectivity index (χ2v) is 11.2. The number of rotatable bonds is 7. The minimum absolute atomic E-state index is 0.0309. The molecule has 34 heavy (non-hydrogen) atoms. The van der Waals surface area contributed by atoms with E-state index in [0.717, 1.165) is 53.9 Å². The molecule has 1 amide bonds. The number of thioether (sulfide) groups is 1. The first kappa shape index (κ1) is 23.4. The molecule has 3 aromatic rings. The standard InChI is InChI=1S/C25H31N5O2S2/c31-22(27-14-17-9-10-21(26-13-17)30-11-5-1-2-6-12-30)16-33-15-20-28-24(32)23-18-7-3-4-8-19(18)34-25(23)29-20/h9-10,13H,1-8,11-12,14-16H2,(H,27,31)(H,28,29,32). The third kappa shape index (κ3) is 5.46.